The van der Waals surface area contributed by atoms with E-state index >= 15 is 0 Å². The first-order valence-corrected chi connectivity index (χ1v) is 7.04. The number of aliphatic hydroxyl groups is 1. The zero-order valence-corrected chi connectivity index (χ0v) is 13.0. The molecule has 0 saturated carbocycles. The molecule has 6 heteroatoms. The summed E-state index contributed by atoms with van der Waals surface area (Å²) in [5.41, 5.74) is 2.15. The lowest BCUT2D eigenvalue weighted by atomic mass is 10.1. The first-order chi connectivity index (χ1) is 9.70. The first kappa shape index (κ1) is 17.9. The van der Waals surface area contributed by atoms with Crippen LogP contribution in [-0.4, -0.2) is 36.3 Å². The molecule has 1 saturated heterocycles. The van der Waals surface area contributed by atoms with Crippen molar-refractivity contribution in [3.05, 3.63) is 35.4 Å². The van der Waals surface area contributed by atoms with Crippen LogP contribution in [0.3, 0.4) is 0 Å². The number of β-amino-alcohol motifs (C(OH)–C–C–N with tert-alkyl or cyclic N) is 1. The Labute approximate surface area is 131 Å². The number of hydrogen-bond donors (Lipinski definition) is 3. The maximum atomic E-state index is 12.0. The van der Waals surface area contributed by atoms with Crippen molar-refractivity contribution in [1.29, 1.82) is 0 Å². The number of carbonyl (C=O) groups excluding carboxylic acids is 1. The van der Waals surface area contributed by atoms with Crippen LogP contribution in [0.25, 0.3) is 0 Å². The lowest BCUT2D eigenvalue weighted by Gasteiger charge is -2.13. The number of nitrogens with one attached hydrogen (secondary N) is 2. The molecule has 118 valence electrons. The topological polar surface area (TPSA) is 70.6 Å². The number of amides is 1. The Kier molecular flexibility index (Phi) is 7.67. The zero-order valence-electron chi connectivity index (χ0n) is 12.2. The van der Waals surface area contributed by atoms with E-state index < -0.39 is 6.10 Å². The van der Waals surface area contributed by atoms with Crippen molar-refractivity contribution in [2.45, 2.75) is 38.6 Å². The fourth-order valence-corrected chi connectivity index (χ4v) is 2.31. The lowest BCUT2D eigenvalue weighted by molar-refractivity contribution is -0.123. The van der Waals surface area contributed by atoms with E-state index in [0.717, 1.165) is 11.1 Å². The molecule has 1 aliphatic heterocycles. The van der Waals surface area contributed by atoms with Crippen LogP contribution < -0.4 is 10.6 Å². The van der Waals surface area contributed by atoms with Crippen molar-refractivity contribution in [1.82, 2.24) is 10.6 Å². The van der Waals surface area contributed by atoms with E-state index in [0.29, 0.717) is 32.7 Å². The highest BCUT2D eigenvalue weighted by Gasteiger charge is 2.27. The lowest BCUT2D eigenvalue weighted by Crippen LogP contribution is -2.40. The van der Waals surface area contributed by atoms with Crippen molar-refractivity contribution >= 4 is 18.3 Å². The van der Waals surface area contributed by atoms with Gasteiger partial charge < -0.3 is 20.5 Å². The molecule has 21 heavy (non-hydrogen) atoms. The van der Waals surface area contributed by atoms with Gasteiger partial charge in [0.05, 0.1) is 18.8 Å². The molecule has 2 rings (SSSR count). The summed E-state index contributed by atoms with van der Waals surface area (Å²) in [6.45, 7) is 4.16. The molecule has 1 heterocycles. The Morgan fingerprint density at radius 1 is 1.43 bits per heavy atom. The third-order valence-electron chi connectivity index (χ3n) is 3.46. The van der Waals surface area contributed by atoms with E-state index in [4.69, 9.17) is 4.74 Å². The predicted octanol–water partition coefficient (Wildman–Crippen LogP) is 0.984. The number of hydrogen-bond acceptors (Lipinski definition) is 4. The van der Waals surface area contributed by atoms with Gasteiger partial charge in [-0.15, -0.1) is 12.4 Å². The highest BCUT2D eigenvalue weighted by atomic mass is 35.5. The highest BCUT2D eigenvalue weighted by Crippen LogP contribution is 2.11. The Hall–Kier alpha value is -1.14. The van der Waals surface area contributed by atoms with Gasteiger partial charge in [-0.1, -0.05) is 24.3 Å². The SMILES string of the molecule is CCOCc1ccccc1CNC(=O)C1CC(O)CN1.Cl. The number of carbonyl (C=O) groups is 1. The van der Waals surface area contributed by atoms with Gasteiger partial charge in [-0.05, 0) is 24.5 Å². The average Bonchev–Trinajstić information content (AvgIpc) is 2.90. The Balaban J connectivity index is 0.00000220. The number of halogens is 1. The van der Waals surface area contributed by atoms with Crippen molar-refractivity contribution in [2.75, 3.05) is 13.2 Å². The summed E-state index contributed by atoms with van der Waals surface area (Å²) >= 11 is 0. The van der Waals surface area contributed by atoms with Gasteiger partial charge >= 0.3 is 0 Å². The summed E-state index contributed by atoms with van der Waals surface area (Å²) in [5, 5.41) is 15.3. The second kappa shape index (κ2) is 9.00. The molecule has 0 bridgehead atoms. The fourth-order valence-electron chi connectivity index (χ4n) is 2.31. The standard InChI is InChI=1S/C15H22N2O3.ClH/c1-2-20-10-12-6-4-3-5-11(12)8-17-15(19)14-7-13(18)9-16-14;/h3-6,13-14,16,18H,2,7-10H2,1H3,(H,17,19);1H. The predicted molar refractivity (Wildman–Crippen MR) is 83.3 cm³/mol. The maximum Gasteiger partial charge on any atom is 0.237 e. The number of benzene rings is 1. The van der Waals surface area contributed by atoms with Gasteiger partial charge in [-0.25, -0.2) is 0 Å². The highest BCUT2D eigenvalue weighted by molar-refractivity contribution is 5.85. The second-order valence-corrected chi connectivity index (χ2v) is 4.97. The van der Waals surface area contributed by atoms with Crippen molar-refractivity contribution in [3.8, 4) is 0 Å². The van der Waals surface area contributed by atoms with E-state index in [2.05, 4.69) is 10.6 Å². The van der Waals surface area contributed by atoms with E-state index in [1.165, 1.54) is 0 Å². The van der Waals surface area contributed by atoms with E-state index in [9.17, 15) is 9.90 Å². The van der Waals surface area contributed by atoms with Crippen LogP contribution in [0.1, 0.15) is 24.5 Å². The molecule has 2 unspecified atom stereocenters. The molecule has 1 fully saturated rings. The summed E-state index contributed by atoms with van der Waals surface area (Å²) < 4.78 is 5.42. The van der Waals surface area contributed by atoms with Gasteiger partial charge in [0, 0.05) is 19.7 Å². The number of rotatable bonds is 6. The van der Waals surface area contributed by atoms with Crippen molar-refractivity contribution in [2.24, 2.45) is 0 Å². The van der Waals surface area contributed by atoms with Crippen LogP contribution in [0.4, 0.5) is 0 Å². The van der Waals surface area contributed by atoms with Crippen LogP contribution in [0.2, 0.25) is 0 Å². The van der Waals surface area contributed by atoms with Gasteiger partial charge in [-0.2, -0.15) is 0 Å². The molecule has 0 spiro atoms. The smallest absolute Gasteiger partial charge is 0.237 e. The molecule has 5 nitrogen and oxygen atoms in total. The molecule has 0 radical (unpaired) electrons. The van der Waals surface area contributed by atoms with Crippen molar-refractivity contribution < 1.29 is 14.6 Å². The molecule has 1 aliphatic rings. The molecule has 1 aromatic rings. The second-order valence-electron chi connectivity index (χ2n) is 4.97. The Morgan fingerprint density at radius 2 is 2.14 bits per heavy atom. The average molecular weight is 315 g/mol. The van der Waals surface area contributed by atoms with Crippen LogP contribution in [-0.2, 0) is 22.7 Å². The maximum absolute atomic E-state index is 12.0. The Bertz CT molecular complexity index is 456. The molecular weight excluding hydrogens is 292 g/mol. The van der Waals surface area contributed by atoms with E-state index in [1.807, 2.05) is 31.2 Å². The van der Waals surface area contributed by atoms with E-state index in [1.54, 1.807) is 0 Å². The van der Waals surface area contributed by atoms with Gasteiger partial charge in [-0.3, -0.25) is 4.79 Å². The van der Waals surface area contributed by atoms with E-state index in [-0.39, 0.29) is 24.4 Å². The third-order valence-corrected chi connectivity index (χ3v) is 3.46. The minimum atomic E-state index is -0.420. The summed E-state index contributed by atoms with van der Waals surface area (Å²) in [4.78, 5) is 12.0. The van der Waals surface area contributed by atoms with Gasteiger partial charge in [0.25, 0.3) is 0 Å². The fraction of sp³-hybridized carbons (Fsp3) is 0.533. The largest absolute Gasteiger partial charge is 0.392 e. The zero-order chi connectivity index (χ0) is 14.4. The summed E-state index contributed by atoms with van der Waals surface area (Å²) in [5.74, 6) is -0.0623. The molecule has 3 N–H and O–H groups in total. The van der Waals surface area contributed by atoms with Crippen molar-refractivity contribution in [3.63, 3.8) is 0 Å². The molecule has 2 atom stereocenters. The van der Waals surface area contributed by atoms with Crippen LogP contribution in [0.15, 0.2) is 24.3 Å². The van der Waals surface area contributed by atoms with Gasteiger partial charge in [0.2, 0.25) is 5.91 Å². The van der Waals surface area contributed by atoms with Crippen LogP contribution in [0, 0.1) is 0 Å². The summed E-state index contributed by atoms with van der Waals surface area (Å²) in [6, 6.07) is 7.63. The normalized spacial score (nSPS) is 20.9. The van der Waals surface area contributed by atoms with Crippen LogP contribution >= 0.6 is 12.4 Å². The molecular formula is C15H23ClN2O3. The van der Waals surface area contributed by atoms with Crippen LogP contribution in [0.5, 0.6) is 0 Å². The number of ether oxygens (including phenoxy) is 1. The molecule has 0 aliphatic carbocycles. The molecule has 0 aromatic heterocycles. The quantitative estimate of drug-likeness (QED) is 0.732. The third kappa shape index (κ3) is 5.28. The van der Waals surface area contributed by atoms with Gasteiger partial charge in [0.1, 0.15) is 0 Å². The molecule has 1 amide bonds. The minimum Gasteiger partial charge on any atom is -0.392 e. The monoisotopic (exact) mass is 314 g/mol. The van der Waals surface area contributed by atoms with Gasteiger partial charge in [0.15, 0.2) is 0 Å². The first-order valence-electron chi connectivity index (χ1n) is 7.04. The number of aliphatic hydroxyl groups excluding tert-OH is 1. The summed E-state index contributed by atoms with van der Waals surface area (Å²) in [6.07, 6.45) is 0.0582. The Morgan fingerprint density at radius 3 is 2.76 bits per heavy atom. The minimum absolute atomic E-state index is 0. The molecule has 1 aromatic carbocycles. The summed E-state index contributed by atoms with van der Waals surface area (Å²) in [7, 11) is 0.